The summed E-state index contributed by atoms with van der Waals surface area (Å²) in [4.78, 5) is 25.3. The molecule has 7 heteroatoms. The number of carbonyl (C=O) groups is 2. The van der Waals surface area contributed by atoms with Crippen molar-refractivity contribution in [2.24, 2.45) is 0 Å². The lowest BCUT2D eigenvalue weighted by atomic mass is 10.3. The van der Waals surface area contributed by atoms with E-state index < -0.39 is 0 Å². The average Bonchev–Trinajstić information content (AvgIpc) is 2.83. The summed E-state index contributed by atoms with van der Waals surface area (Å²) in [5.74, 6) is 1.18. The topological polar surface area (TPSA) is 55.2 Å². The van der Waals surface area contributed by atoms with Crippen LogP contribution in [0, 0.1) is 6.92 Å². The van der Waals surface area contributed by atoms with Crippen LogP contribution in [0.5, 0.6) is 0 Å². The SMILES string of the molecule is Cc1cc(N(C)C(=O)CCCCl)nn1C(=O)CCCCl. The Balaban J connectivity index is 2.78. The van der Waals surface area contributed by atoms with Crippen LogP contribution in [-0.4, -0.2) is 40.4 Å². The Morgan fingerprint density at radius 1 is 1.25 bits per heavy atom. The molecule has 0 spiro atoms. The minimum Gasteiger partial charge on any atom is -0.298 e. The second-order valence-electron chi connectivity index (χ2n) is 4.49. The van der Waals surface area contributed by atoms with Gasteiger partial charge in [-0.05, 0) is 19.8 Å². The van der Waals surface area contributed by atoms with Gasteiger partial charge in [-0.1, -0.05) is 0 Å². The van der Waals surface area contributed by atoms with Crippen molar-refractivity contribution in [3.05, 3.63) is 11.8 Å². The molecule has 0 saturated carbocycles. The van der Waals surface area contributed by atoms with E-state index in [4.69, 9.17) is 23.2 Å². The number of nitrogens with zero attached hydrogens (tertiary/aromatic N) is 3. The Bertz CT molecular complexity index is 474. The summed E-state index contributed by atoms with van der Waals surface area (Å²) in [5, 5.41) is 4.19. The van der Waals surface area contributed by atoms with Crippen molar-refractivity contribution < 1.29 is 9.59 Å². The molecule has 0 aliphatic rings. The van der Waals surface area contributed by atoms with Gasteiger partial charge in [0.2, 0.25) is 11.8 Å². The number of anilines is 1. The Morgan fingerprint density at radius 2 is 1.85 bits per heavy atom. The van der Waals surface area contributed by atoms with Crippen molar-refractivity contribution in [3.8, 4) is 0 Å². The highest BCUT2D eigenvalue weighted by molar-refractivity contribution is 6.18. The number of carbonyl (C=O) groups excluding carboxylic acids is 2. The largest absolute Gasteiger partial charge is 0.298 e. The minimum absolute atomic E-state index is 0.0662. The number of rotatable bonds is 7. The Hall–Kier alpha value is -1.07. The van der Waals surface area contributed by atoms with Crippen LogP contribution in [0.3, 0.4) is 0 Å². The molecular formula is C13H19Cl2N3O2. The molecule has 0 bridgehead atoms. The van der Waals surface area contributed by atoms with Crippen molar-refractivity contribution in [1.82, 2.24) is 9.78 Å². The van der Waals surface area contributed by atoms with E-state index in [9.17, 15) is 9.59 Å². The third-order valence-electron chi connectivity index (χ3n) is 2.88. The van der Waals surface area contributed by atoms with Crippen LogP contribution in [0.15, 0.2) is 6.07 Å². The van der Waals surface area contributed by atoms with Gasteiger partial charge in [0.15, 0.2) is 5.82 Å². The van der Waals surface area contributed by atoms with Crippen molar-refractivity contribution in [3.63, 3.8) is 0 Å². The predicted octanol–water partition coefficient (Wildman–Crippen LogP) is 2.83. The smallest absolute Gasteiger partial charge is 0.247 e. The summed E-state index contributed by atoms with van der Waals surface area (Å²) in [5.41, 5.74) is 0.705. The maximum absolute atomic E-state index is 11.9. The lowest BCUT2D eigenvalue weighted by molar-refractivity contribution is -0.118. The zero-order valence-electron chi connectivity index (χ0n) is 11.7. The molecule has 20 heavy (non-hydrogen) atoms. The van der Waals surface area contributed by atoms with E-state index in [-0.39, 0.29) is 11.8 Å². The molecule has 0 aromatic carbocycles. The fourth-order valence-corrected chi connectivity index (χ4v) is 1.98. The first-order chi connectivity index (χ1) is 9.51. The van der Waals surface area contributed by atoms with Gasteiger partial charge >= 0.3 is 0 Å². The molecule has 112 valence electrons. The number of aromatic nitrogens is 2. The maximum Gasteiger partial charge on any atom is 0.247 e. The molecule has 0 aliphatic heterocycles. The molecule has 5 nitrogen and oxygen atoms in total. The van der Waals surface area contributed by atoms with Crippen LogP contribution in [0.4, 0.5) is 5.82 Å². The van der Waals surface area contributed by atoms with Gasteiger partial charge in [0.25, 0.3) is 0 Å². The third-order valence-corrected chi connectivity index (χ3v) is 3.41. The number of amides is 1. The van der Waals surface area contributed by atoms with Crippen LogP contribution < -0.4 is 4.90 Å². The number of alkyl halides is 2. The van der Waals surface area contributed by atoms with Crippen LogP contribution in [0.1, 0.15) is 36.2 Å². The van der Waals surface area contributed by atoms with E-state index in [1.165, 1.54) is 9.58 Å². The van der Waals surface area contributed by atoms with E-state index in [0.29, 0.717) is 49.0 Å². The molecule has 0 aliphatic carbocycles. The van der Waals surface area contributed by atoms with Crippen LogP contribution in [0.2, 0.25) is 0 Å². The predicted molar refractivity (Wildman–Crippen MR) is 80.9 cm³/mol. The molecular weight excluding hydrogens is 301 g/mol. The molecule has 1 aromatic rings. The van der Waals surface area contributed by atoms with Gasteiger partial charge in [0.1, 0.15) is 0 Å². The zero-order chi connectivity index (χ0) is 15.1. The molecule has 0 unspecified atom stereocenters. The van der Waals surface area contributed by atoms with Crippen molar-refractivity contribution in [2.75, 3.05) is 23.7 Å². The molecule has 0 N–H and O–H groups in total. The molecule has 0 saturated heterocycles. The van der Waals surface area contributed by atoms with Gasteiger partial charge in [0.05, 0.1) is 0 Å². The molecule has 1 amide bonds. The molecule has 1 rings (SSSR count). The van der Waals surface area contributed by atoms with E-state index in [1.54, 1.807) is 20.0 Å². The summed E-state index contributed by atoms with van der Waals surface area (Å²) < 4.78 is 1.33. The van der Waals surface area contributed by atoms with Crippen LogP contribution in [-0.2, 0) is 4.79 Å². The highest BCUT2D eigenvalue weighted by Gasteiger charge is 2.17. The summed E-state index contributed by atoms with van der Waals surface area (Å²) in [6.45, 7) is 1.78. The molecule has 0 fully saturated rings. The quantitative estimate of drug-likeness (QED) is 0.726. The zero-order valence-corrected chi connectivity index (χ0v) is 13.2. The van der Waals surface area contributed by atoms with E-state index in [2.05, 4.69) is 5.10 Å². The monoisotopic (exact) mass is 319 g/mol. The lowest BCUT2D eigenvalue weighted by Crippen LogP contribution is -2.26. The Labute approximate surface area is 128 Å². The van der Waals surface area contributed by atoms with Gasteiger partial charge in [-0.2, -0.15) is 0 Å². The van der Waals surface area contributed by atoms with E-state index >= 15 is 0 Å². The minimum atomic E-state index is -0.115. The summed E-state index contributed by atoms with van der Waals surface area (Å²) >= 11 is 11.1. The molecule has 0 radical (unpaired) electrons. The van der Waals surface area contributed by atoms with E-state index in [1.807, 2.05) is 0 Å². The van der Waals surface area contributed by atoms with Crippen molar-refractivity contribution in [2.45, 2.75) is 32.6 Å². The third kappa shape index (κ3) is 4.49. The fraction of sp³-hybridized carbons (Fsp3) is 0.615. The van der Waals surface area contributed by atoms with Crippen LogP contribution in [0.25, 0.3) is 0 Å². The number of aryl methyl sites for hydroxylation is 1. The van der Waals surface area contributed by atoms with Gasteiger partial charge in [0, 0.05) is 43.4 Å². The summed E-state index contributed by atoms with van der Waals surface area (Å²) in [6, 6.07) is 1.72. The van der Waals surface area contributed by atoms with Gasteiger partial charge < -0.3 is 0 Å². The molecule has 0 atom stereocenters. The highest BCUT2D eigenvalue weighted by Crippen LogP contribution is 2.15. The first kappa shape index (κ1) is 17.0. The second kappa shape index (κ2) is 8.27. The van der Waals surface area contributed by atoms with Gasteiger partial charge in [-0.15, -0.1) is 28.3 Å². The second-order valence-corrected chi connectivity index (χ2v) is 5.24. The van der Waals surface area contributed by atoms with Crippen LogP contribution >= 0.6 is 23.2 Å². The van der Waals surface area contributed by atoms with Crippen molar-refractivity contribution >= 4 is 40.8 Å². The first-order valence-corrected chi connectivity index (χ1v) is 7.56. The normalized spacial score (nSPS) is 10.6. The number of hydrogen-bond donors (Lipinski definition) is 0. The van der Waals surface area contributed by atoms with Crippen molar-refractivity contribution in [1.29, 1.82) is 0 Å². The molecule has 1 aromatic heterocycles. The van der Waals surface area contributed by atoms with Gasteiger partial charge in [-0.3, -0.25) is 14.5 Å². The molecule has 1 heterocycles. The first-order valence-electron chi connectivity index (χ1n) is 6.49. The Kier molecular flexibility index (Phi) is 7.02. The maximum atomic E-state index is 11.9. The van der Waals surface area contributed by atoms with E-state index in [0.717, 1.165) is 0 Å². The number of halogens is 2. The number of hydrogen-bond acceptors (Lipinski definition) is 3. The fourth-order valence-electron chi connectivity index (χ4n) is 1.71. The summed E-state index contributed by atoms with van der Waals surface area (Å²) in [7, 11) is 1.64. The lowest BCUT2D eigenvalue weighted by Gasteiger charge is -2.13. The highest BCUT2D eigenvalue weighted by atomic mass is 35.5. The summed E-state index contributed by atoms with van der Waals surface area (Å²) in [6.07, 6.45) is 1.94. The average molecular weight is 320 g/mol. The van der Waals surface area contributed by atoms with Gasteiger partial charge in [-0.25, -0.2) is 4.68 Å². The Morgan fingerprint density at radius 3 is 2.45 bits per heavy atom. The standard InChI is InChI=1S/C13H19Cl2N3O2/c1-10-9-11(17(2)12(19)5-3-7-14)16-18(10)13(20)6-4-8-15/h9H,3-8H2,1-2H3.